The summed E-state index contributed by atoms with van der Waals surface area (Å²) in [6, 6.07) is 30.1. The number of unbranched alkanes of at least 4 members (excludes halogenated alkanes) is 4. The van der Waals surface area contributed by atoms with E-state index in [4.69, 9.17) is 27.4 Å². The molecule has 6 rings (SSSR count). The van der Waals surface area contributed by atoms with Gasteiger partial charge in [-0.1, -0.05) is 48.5 Å². The molecular formula is C52H58F6N2O7P+. The van der Waals surface area contributed by atoms with Crippen LogP contribution < -0.4 is 20.1 Å². The summed E-state index contributed by atoms with van der Waals surface area (Å²) in [6.07, 6.45) is 1.58. The molecule has 364 valence electrons. The van der Waals surface area contributed by atoms with Crippen molar-refractivity contribution in [3.8, 4) is 34.1 Å². The van der Waals surface area contributed by atoms with Gasteiger partial charge in [-0.05, 0) is 160 Å². The molecule has 0 amide bonds. The Hall–Kier alpha value is -5.44. The Labute approximate surface area is 394 Å². The van der Waals surface area contributed by atoms with Crippen molar-refractivity contribution in [2.45, 2.75) is 89.7 Å². The first-order chi connectivity index (χ1) is 32.9. The van der Waals surface area contributed by atoms with E-state index in [1.165, 1.54) is 24.3 Å². The van der Waals surface area contributed by atoms with Crippen LogP contribution in [0.4, 0.5) is 26.3 Å². The molecular weight excluding hydrogens is 910 g/mol. The minimum atomic E-state index is -4.34. The van der Waals surface area contributed by atoms with Gasteiger partial charge in [0.25, 0.3) is 0 Å². The van der Waals surface area contributed by atoms with E-state index in [1.807, 2.05) is 60.7 Å². The van der Waals surface area contributed by atoms with Gasteiger partial charge in [0.05, 0.1) is 48.0 Å². The fraction of sp³-hybridized carbons (Fsp3) is 0.385. The van der Waals surface area contributed by atoms with Gasteiger partial charge >= 0.3 is 20.6 Å². The number of benzene rings is 4. The maximum Gasteiger partial charge on any atom is 0.697 e. The van der Waals surface area contributed by atoms with Gasteiger partial charge in [0.15, 0.2) is 0 Å². The molecule has 0 aliphatic rings. The minimum Gasteiger partial charge on any atom is -0.493 e. The van der Waals surface area contributed by atoms with Gasteiger partial charge < -0.3 is 28.9 Å². The average Bonchev–Trinajstić information content (AvgIpc) is 4.08. The van der Waals surface area contributed by atoms with E-state index in [-0.39, 0.29) is 13.2 Å². The van der Waals surface area contributed by atoms with Gasteiger partial charge in [-0.2, -0.15) is 26.3 Å². The molecule has 0 unspecified atom stereocenters. The van der Waals surface area contributed by atoms with Gasteiger partial charge in [0, 0.05) is 17.7 Å². The molecule has 2 heterocycles. The average molecular weight is 968 g/mol. The summed E-state index contributed by atoms with van der Waals surface area (Å²) in [5.41, 5.74) is 3.80. The fourth-order valence-electron chi connectivity index (χ4n) is 7.44. The lowest BCUT2D eigenvalue weighted by Crippen LogP contribution is -2.16. The van der Waals surface area contributed by atoms with Crippen LogP contribution in [0.25, 0.3) is 22.6 Å². The number of halogens is 6. The van der Waals surface area contributed by atoms with Gasteiger partial charge in [0.1, 0.15) is 36.2 Å². The molecule has 0 spiro atoms. The Morgan fingerprint density at radius 3 is 1.34 bits per heavy atom. The van der Waals surface area contributed by atoms with E-state index in [0.29, 0.717) is 99.2 Å². The lowest BCUT2D eigenvalue weighted by Gasteiger charge is -2.13. The number of furan rings is 2. The SMILES string of the molecule is O=[P+](OCCCNCc1ccc(OCCCCCc2cccc(C(F)(F)F)c2)c(-c2ccco2)c1)OCCCNCc1ccc(OCCCCCc2cccc(C(F)(F)F)c2)c(-c2ccco2)c1. The van der Waals surface area contributed by atoms with Crippen LogP contribution in [0.15, 0.2) is 131 Å². The van der Waals surface area contributed by atoms with Crippen molar-refractivity contribution >= 4 is 8.25 Å². The molecule has 0 saturated carbocycles. The van der Waals surface area contributed by atoms with Crippen molar-refractivity contribution in [2.24, 2.45) is 0 Å². The zero-order valence-electron chi connectivity index (χ0n) is 37.8. The topological polar surface area (TPSA) is 104 Å². The number of rotatable bonds is 30. The first kappa shape index (κ1) is 51.9. The van der Waals surface area contributed by atoms with E-state index in [9.17, 15) is 30.9 Å². The summed E-state index contributed by atoms with van der Waals surface area (Å²) in [5.74, 6) is 2.73. The number of alkyl halides is 6. The van der Waals surface area contributed by atoms with E-state index in [2.05, 4.69) is 10.6 Å². The predicted octanol–water partition coefficient (Wildman–Crippen LogP) is 14.2. The fourth-order valence-corrected chi connectivity index (χ4v) is 8.07. The quantitative estimate of drug-likeness (QED) is 0.0259. The molecule has 9 nitrogen and oxygen atoms in total. The van der Waals surface area contributed by atoms with Crippen molar-refractivity contribution in [1.82, 2.24) is 10.6 Å². The second-order valence-electron chi connectivity index (χ2n) is 16.3. The Morgan fingerprint density at radius 1 is 0.471 bits per heavy atom. The molecule has 0 bridgehead atoms. The second kappa shape index (κ2) is 26.9. The highest BCUT2D eigenvalue weighted by Crippen LogP contribution is 2.35. The first-order valence-electron chi connectivity index (χ1n) is 23.0. The molecule has 0 radical (unpaired) electrons. The van der Waals surface area contributed by atoms with Crippen LogP contribution in [0.2, 0.25) is 0 Å². The summed E-state index contributed by atoms with van der Waals surface area (Å²) in [6.45, 7) is 3.90. The van der Waals surface area contributed by atoms with Gasteiger partial charge in [0.2, 0.25) is 0 Å². The van der Waals surface area contributed by atoms with Crippen molar-refractivity contribution < 1.29 is 58.3 Å². The van der Waals surface area contributed by atoms with Crippen LogP contribution in [0, 0.1) is 0 Å². The molecule has 6 aromatic rings. The summed E-state index contributed by atoms with van der Waals surface area (Å²) >= 11 is 0. The maximum atomic E-state index is 13.0. The van der Waals surface area contributed by atoms with Crippen LogP contribution in [0.3, 0.4) is 0 Å². The largest absolute Gasteiger partial charge is 0.697 e. The lowest BCUT2D eigenvalue weighted by atomic mass is 10.0. The third-order valence-corrected chi connectivity index (χ3v) is 11.7. The molecule has 0 atom stereocenters. The van der Waals surface area contributed by atoms with E-state index >= 15 is 0 Å². The van der Waals surface area contributed by atoms with Crippen LogP contribution >= 0.6 is 8.25 Å². The minimum absolute atomic E-state index is 0.270. The molecule has 2 N–H and O–H groups in total. The molecule has 0 fully saturated rings. The summed E-state index contributed by atoms with van der Waals surface area (Å²) < 4.78 is 125. The van der Waals surface area contributed by atoms with Crippen LogP contribution in [-0.2, 0) is 51.9 Å². The van der Waals surface area contributed by atoms with E-state index in [0.717, 1.165) is 72.9 Å². The van der Waals surface area contributed by atoms with Crippen molar-refractivity contribution in [2.75, 3.05) is 39.5 Å². The van der Waals surface area contributed by atoms with Crippen LogP contribution in [-0.4, -0.2) is 39.5 Å². The summed E-state index contributed by atoms with van der Waals surface area (Å²) in [5, 5.41) is 6.77. The number of ether oxygens (including phenoxy) is 2. The van der Waals surface area contributed by atoms with Crippen molar-refractivity contribution in [1.29, 1.82) is 0 Å². The number of hydrogen-bond acceptors (Lipinski definition) is 9. The van der Waals surface area contributed by atoms with Gasteiger partial charge in [-0.3, -0.25) is 0 Å². The molecule has 16 heteroatoms. The molecule has 2 aromatic heterocycles. The second-order valence-corrected chi connectivity index (χ2v) is 17.2. The normalized spacial score (nSPS) is 11.9. The lowest BCUT2D eigenvalue weighted by molar-refractivity contribution is -0.138. The Morgan fingerprint density at radius 2 is 0.926 bits per heavy atom. The highest BCUT2D eigenvalue weighted by atomic mass is 31.1. The maximum absolute atomic E-state index is 13.0. The molecule has 4 aromatic carbocycles. The monoisotopic (exact) mass is 967 g/mol. The molecule has 68 heavy (non-hydrogen) atoms. The standard InChI is InChI=1S/C52H58F6N2O7P/c53-51(54,55)43-17-7-15-39(33-43)13-3-1-5-27-62-49-23-21-41(35-45(49)47-19-9-29-64-47)37-59-25-11-31-66-68(61)67-32-12-26-60-38-42-22-24-50(46(36-42)48-20-10-30-65-48)63-28-6-2-4-14-40-16-8-18-44(34-40)52(56,57)58/h7-10,15-24,29-30,33-36,59-60H,1-6,11-14,25-28,31-32,37-38H2/q+1. The Bertz CT molecular complexity index is 2240. The summed E-state index contributed by atoms with van der Waals surface area (Å²) in [7, 11) is -2.25. The number of nitrogens with one attached hydrogen (secondary N) is 2. The first-order valence-corrected chi connectivity index (χ1v) is 24.1. The molecule has 0 aliphatic carbocycles. The highest BCUT2D eigenvalue weighted by molar-refractivity contribution is 7.33. The van der Waals surface area contributed by atoms with Crippen LogP contribution in [0.5, 0.6) is 11.5 Å². The number of hydrogen-bond donors (Lipinski definition) is 2. The zero-order valence-corrected chi connectivity index (χ0v) is 38.7. The van der Waals surface area contributed by atoms with Crippen molar-refractivity contribution in [3.05, 3.63) is 155 Å². The third kappa shape index (κ3) is 17.6. The predicted molar refractivity (Wildman–Crippen MR) is 249 cm³/mol. The Kier molecular flexibility index (Phi) is 20.6. The molecule has 0 saturated heterocycles. The van der Waals surface area contributed by atoms with E-state index < -0.39 is 31.7 Å². The third-order valence-electron chi connectivity index (χ3n) is 11.0. The molecule has 0 aliphatic heterocycles. The smallest absolute Gasteiger partial charge is 0.493 e. The van der Waals surface area contributed by atoms with Crippen molar-refractivity contribution in [3.63, 3.8) is 0 Å². The van der Waals surface area contributed by atoms with E-state index in [1.54, 1.807) is 24.7 Å². The van der Waals surface area contributed by atoms with Gasteiger partial charge in [-0.25, -0.2) is 0 Å². The number of aryl methyl sites for hydroxylation is 2. The summed E-state index contributed by atoms with van der Waals surface area (Å²) in [4.78, 5) is 0. The zero-order chi connectivity index (χ0) is 48.0. The van der Waals surface area contributed by atoms with Crippen LogP contribution in [0.1, 0.15) is 84.7 Å². The Balaban J connectivity index is 0.809. The highest BCUT2D eigenvalue weighted by Gasteiger charge is 2.31. The van der Waals surface area contributed by atoms with Gasteiger partial charge in [-0.15, -0.1) is 9.05 Å².